The lowest BCUT2D eigenvalue weighted by molar-refractivity contribution is -0.208. The zero-order valence-corrected chi connectivity index (χ0v) is 24.1. The van der Waals surface area contributed by atoms with Crippen molar-refractivity contribution in [2.75, 3.05) is 0 Å². The van der Waals surface area contributed by atoms with E-state index in [1.165, 1.54) is 31.8 Å². The van der Waals surface area contributed by atoms with Gasteiger partial charge in [-0.2, -0.15) is 0 Å². The van der Waals surface area contributed by atoms with Crippen molar-refractivity contribution in [3.8, 4) is 0 Å². The van der Waals surface area contributed by atoms with Crippen LogP contribution >= 0.6 is 0 Å². The first-order chi connectivity index (χ1) is 16.5. The summed E-state index contributed by atoms with van der Waals surface area (Å²) in [5, 5.41) is 0. The van der Waals surface area contributed by atoms with Crippen molar-refractivity contribution < 1.29 is 19.1 Å². The molecule has 4 heteroatoms. The van der Waals surface area contributed by atoms with Gasteiger partial charge in [0, 0.05) is 30.6 Å². The molecular weight excluding hydrogens is 448 g/mol. The minimum absolute atomic E-state index is 0.151. The van der Waals surface area contributed by atoms with Crippen LogP contribution in [0.5, 0.6) is 0 Å². The Balaban J connectivity index is 1.63. The van der Waals surface area contributed by atoms with Crippen LogP contribution in [0, 0.1) is 56.7 Å². The first kappa shape index (κ1) is 26.2. The maximum atomic E-state index is 14.4. The quantitative estimate of drug-likeness (QED) is 0.368. The smallest absolute Gasteiger partial charge is 0.302 e. The summed E-state index contributed by atoms with van der Waals surface area (Å²) in [4.78, 5) is 40.5. The van der Waals surface area contributed by atoms with Gasteiger partial charge in [-0.05, 0) is 84.0 Å². The number of carbonyl (C=O) groups is 3. The summed E-state index contributed by atoms with van der Waals surface area (Å²) in [5.74, 6) is 1.37. The van der Waals surface area contributed by atoms with Gasteiger partial charge in [0.05, 0.1) is 0 Å². The molecule has 0 aromatic carbocycles. The predicted molar refractivity (Wildman–Crippen MR) is 141 cm³/mol. The average Bonchev–Trinajstić information content (AvgIpc) is 2.74. The number of hydrogen-bond acceptors (Lipinski definition) is 4. The van der Waals surface area contributed by atoms with Crippen molar-refractivity contribution in [3.63, 3.8) is 0 Å². The van der Waals surface area contributed by atoms with E-state index in [0.717, 1.165) is 12.8 Å². The van der Waals surface area contributed by atoms with Crippen LogP contribution in [0.15, 0.2) is 11.6 Å². The van der Waals surface area contributed by atoms with E-state index >= 15 is 0 Å². The lowest BCUT2D eigenvalue weighted by Gasteiger charge is -2.70. The molecule has 0 aliphatic heterocycles. The van der Waals surface area contributed by atoms with Crippen molar-refractivity contribution in [3.05, 3.63) is 11.6 Å². The standard InChI is InChI=1S/C32H48O4/c1-18-10-12-29(6)14-15-31(8)21(25(29)19(18)2)16-22(34)27-30(7)13-11-24(36-20(3)33)28(4,5)26(30)23(35)17-32(27,31)9/h16,18-19,24-27H,10-15,17H2,1-9H3/t18-,19+,24-,25-,26-,27+,29-,30-,31+,32+/m0/s1. The highest BCUT2D eigenvalue weighted by molar-refractivity contribution is 5.99. The van der Waals surface area contributed by atoms with Crippen molar-refractivity contribution in [2.24, 2.45) is 56.7 Å². The highest BCUT2D eigenvalue weighted by Gasteiger charge is 2.72. The molecule has 4 saturated carbocycles. The second kappa shape index (κ2) is 7.79. The highest BCUT2D eigenvalue weighted by atomic mass is 16.5. The van der Waals surface area contributed by atoms with Gasteiger partial charge >= 0.3 is 5.97 Å². The normalized spacial score (nSPS) is 51.8. The molecule has 0 heterocycles. The van der Waals surface area contributed by atoms with E-state index in [1.807, 2.05) is 0 Å². The van der Waals surface area contributed by atoms with Gasteiger partial charge in [-0.25, -0.2) is 0 Å². The minimum atomic E-state index is -0.499. The second-order valence-electron chi connectivity index (χ2n) is 15.2. The molecule has 0 saturated heterocycles. The van der Waals surface area contributed by atoms with E-state index in [2.05, 4.69) is 61.5 Å². The number of carbonyl (C=O) groups excluding carboxylic acids is 3. The zero-order chi connectivity index (χ0) is 26.6. The number of ether oxygens (including phenoxy) is 1. The van der Waals surface area contributed by atoms with Crippen LogP contribution in [-0.2, 0) is 19.1 Å². The van der Waals surface area contributed by atoms with Crippen molar-refractivity contribution in [2.45, 2.75) is 113 Å². The fraction of sp³-hybridized carbons (Fsp3) is 0.844. The van der Waals surface area contributed by atoms with Crippen LogP contribution in [0.3, 0.4) is 0 Å². The fourth-order valence-electron chi connectivity index (χ4n) is 10.9. The summed E-state index contributed by atoms with van der Waals surface area (Å²) in [6, 6.07) is 0. The van der Waals surface area contributed by atoms with E-state index in [0.29, 0.717) is 30.6 Å². The third-order valence-corrected chi connectivity index (χ3v) is 13.0. The number of esters is 1. The van der Waals surface area contributed by atoms with E-state index in [4.69, 9.17) is 4.74 Å². The molecule has 5 aliphatic carbocycles. The molecule has 5 rings (SSSR count). The van der Waals surface area contributed by atoms with Crippen molar-refractivity contribution in [1.82, 2.24) is 0 Å². The molecule has 4 fully saturated rings. The number of Topliss-reactive ketones (excluding diaryl/α,β-unsaturated/α-hetero) is 1. The lowest BCUT2D eigenvalue weighted by Crippen LogP contribution is -2.69. The molecule has 0 unspecified atom stereocenters. The number of hydrogen-bond donors (Lipinski definition) is 0. The molecule has 5 aliphatic rings. The van der Waals surface area contributed by atoms with Crippen LogP contribution in [0.1, 0.15) is 107 Å². The van der Waals surface area contributed by atoms with Crippen molar-refractivity contribution >= 4 is 17.5 Å². The van der Waals surface area contributed by atoms with Gasteiger partial charge in [0.1, 0.15) is 11.9 Å². The molecule has 0 spiro atoms. The molecule has 36 heavy (non-hydrogen) atoms. The molecule has 0 bridgehead atoms. The largest absolute Gasteiger partial charge is 0.462 e. The van der Waals surface area contributed by atoms with E-state index in [1.54, 1.807) is 0 Å². The maximum absolute atomic E-state index is 14.4. The molecule has 0 amide bonds. The van der Waals surface area contributed by atoms with Crippen LogP contribution in [-0.4, -0.2) is 23.6 Å². The number of fused-ring (bicyclic) bond motifs is 7. The van der Waals surface area contributed by atoms with Gasteiger partial charge in [-0.3, -0.25) is 14.4 Å². The van der Waals surface area contributed by atoms with E-state index in [9.17, 15) is 14.4 Å². The van der Waals surface area contributed by atoms with Gasteiger partial charge in [0.2, 0.25) is 0 Å². The Morgan fingerprint density at radius 1 is 0.917 bits per heavy atom. The Kier molecular flexibility index (Phi) is 5.66. The first-order valence-corrected chi connectivity index (χ1v) is 14.5. The molecule has 0 aromatic heterocycles. The summed E-state index contributed by atoms with van der Waals surface area (Å²) in [7, 11) is 0. The summed E-state index contributed by atoms with van der Waals surface area (Å²) in [6.45, 7) is 19.7. The third-order valence-electron chi connectivity index (χ3n) is 13.0. The Morgan fingerprint density at radius 3 is 2.22 bits per heavy atom. The second-order valence-corrected chi connectivity index (χ2v) is 15.2. The van der Waals surface area contributed by atoms with E-state index in [-0.39, 0.29) is 51.7 Å². The maximum Gasteiger partial charge on any atom is 0.302 e. The van der Waals surface area contributed by atoms with Gasteiger partial charge in [-0.15, -0.1) is 0 Å². The van der Waals surface area contributed by atoms with Gasteiger partial charge in [-0.1, -0.05) is 61.0 Å². The summed E-state index contributed by atoms with van der Waals surface area (Å²) in [5.41, 5.74) is 0.140. The minimum Gasteiger partial charge on any atom is -0.462 e. The lowest BCUT2D eigenvalue weighted by atomic mass is 9.33. The molecule has 4 nitrogen and oxygen atoms in total. The predicted octanol–water partition coefficient (Wildman–Crippen LogP) is 6.95. The molecule has 0 aromatic rings. The molecular formula is C32H48O4. The van der Waals surface area contributed by atoms with Crippen LogP contribution in [0.25, 0.3) is 0 Å². The molecule has 200 valence electrons. The number of rotatable bonds is 1. The van der Waals surface area contributed by atoms with Crippen LogP contribution in [0.2, 0.25) is 0 Å². The van der Waals surface area contributed by atoms with E-state index < -0.39 is 10.8 Å². The monoisotopic (exact) mass is 496 g/mol. The Bertz CT molecular complexity index is 1040. The number of allylic oxidation sites excluding steroid dienone is 2. The van der Waals surface area contributed by atoms with Gasteiger partial charge in [0.25, 0.3) is 0 Å². The summed E-state index contributed by atoms with van der Waals surface area (Å²) in [6.07, 6.45) is 8.42. The summed E-state index contributed by atoms with van der Waals surface area (Å²) >= 11 is 0. The highest BCUT2D eigenvalue weighted by Crippen LogP contribution is 2.74. The first-order valence-electron chi connectivity index (χ1n) is 14.5. The Labute approximate surface area is 218 Å². The molecule has 10 atom stereocenters. The van der Waals surface area contributed by atoms with Crippen LogP contribution < -0.4 is 0 Å². The summed E-state index contributed by atoms with van der Waals surface area (Å²) < 4.78 is 5.75. The Hall–Kier alpha value is -1.45. The topological polar surface area (TPSA) is 60.4 Å². The third kappa shape index (κ3) is 3.14. The van der Waals surface area contributed by atoms with Gasteiger partial charge in [0.15, 0.2) is 5.78 Å². The average molecular weight is 497 g/mol. The molecule has 0 radical (unpaired) electrons. The number of ketones is 2. The van der Waals surface area contributed by atoms with Gasteiger partial charge < -0.3 is 4.74 Å². The molecule has 0 N–H and O–H groups in total. The van der Waals surface area contributed by atoms with Crippen LogP contribution in [0.4, 0.5) is 0 Å². The van der Waals surface area contributed by atoms with Crippen molar-refractivity contribution in [1.29, 1.82) is 0 Å². The zero-order valence-electron chi connectivity index (χ0n) is 24.1. The SMILES string of the molecule is CC(=O)O[C@H]1CC[C@]2(C)[C@H]3C(=O)C=C4[C@@H]5[C@H](C)[C@@H](C)CC[C@@]5(C)CC[C@@]4(C)[C@]3(C)CC(=O)[C@H]2C1(C)C. The fourth-order valence-corrected chi connectivity index (χ4v) is 10.9. The Morgan fingerprint density at radius 2 is 1.58 bits per heavy atom.